The molecule has 0 spiro atoms. The van der Waals surface area contributed by atoms with Crippen LogP contribution in [0.15, 0.2) is 17.0 Å². The summed E-state index contributed by atoms with van der Waals surface area (Å²) in [5.74, 6) is 0.488. The summed E-state index contributed by atoms with van der Waals surface area (Å²) < 4.78 is 32.3. The van der Waals surface area contributed by atoms with E-state index in [1.54, 1.807) is 0 Å². The van der Waals surface area contributed by atoms with E-state index in [1.807, 2.05) is 0 Å². The van der Waals surface area contributed by atoms with Crippen LogP contribution >= 0.6 is 10.7 Å². The number of aliphatic hydroxyl groups excluding tert-OH is 1. The van der Waals surface area contributed by atoms with E-state index in [4.69, 9.17) is 25.3 Å². The quantitative estimate of drug-likeness (QED) is 0.827. The van der Waals surface area contributed by atoms with Crippen molar-refractivity contribution in [1.82, 2.24) is 0 Å². The van der Waals surface area contributed by atoms with Crippen LogP contribution in [-0.2, 0) is 15.7 Å². The lowest BCUT2D eigenvalue weighted by atomic mass is 10.2. The average Bonchev–Trinajstić information content (AvgIpc) is 2.25. The molecule has 0 saturated carbocycles. The highest BCUT2D eigenvalue weighted by Crippen LogP contribution is 2.35. The van der Waals surface area contributed by atoms with Gasteiger partial charge in [-0.25, -0.2) is 8.42 Å². The van der Waals surface area contributed by atoms with E-state index in [9.17, 15) is 8.42 Å². The minimum atomic E-state index is -3.87. The zero-order valence-corrected chi connectivity index (χ0v) is 10.3. The molecule has 1 N–H and O–H groups in total. The standard InChI is InChI=1S/C9H11ClO5S/c1-14-8-4-7(16(10,12)13)3-6(5-11)9(8)15-2/h3-4,11H,5H2,1-2H3. The smallest absolute Gasteiger partial charge is 0.261 e. The normalized spacial score (nSPS) is 11.2. The number of methoxy groups -OCH3 is 2. The Hall–Kier alpha value is -0.980. The minimum absolute atomic E-state index is 0.143. The van der Waals surface area contributed by atoms with Crippen molar-refractivity contribution in [2.45, 2.75) is 11.5 Å². The largest absolute Gasteiger partial charge is 0.493 e. The van der Waals surface area contributed by atoms with Gasteiger partial charge in [0.25, 0.3) is 9.05 Å². The molecule has 90 valence electrons. The van der Waals surface area contributed by atoms with Crippen LogP contribution in [0.2, 0.25) is 0 Å². The highest BCUT2D eigenvalue weighted by Gasteiger charge is 2.18. The van der Waals surface area contributed by atoms with E-state index >= 15 is 0 Å². The number of aliphatic hydroxyl groups is 1. The Balaban J connectivity index is 3.49. The molecular weight excluding hydrogens is 256 g/mol. The van der Waals surface area contributed by atoms with E-state index in [1.165, 1.54) is 26.4 Å². The maximum Gasteiger partial charge on any atom is 0.261 e. The molecule has 0 amide bonds. The molecule has 1 aromatic carbocycles. The Morgan fingerprint density at radius 2 is 1.94 bits per heavy atom. The van der Waals surface area contributed by atoms with Gasteiger partial charge in [0.15, 0.2) is 11.5 Å². The van der Waals surface area contributed by atoms with Crippen molar-refractivity contribution in [3.05, 3.63) is 17.7 Å². The molecule has 1 rings (SSSR count). The van der Waals surface area contributed by atoms with Gasteiger partial charge in [-0.15, -0.1) is 0 Å². The van der Waals surface area contributed by atoms with Crippen molar-refractivity contribution in [3.63, 3.8) is 0 Å². The molecule has 0 aromatic heterocycles. The van der Waals surface area contributed by atoms with E-state index in [-0.39, 0.29) is 23.0 Å². The summed E-state index contributed by atoms with van der Waals surface area (Å²) in [5, 5.41) is 9.09. The van der Waals surface area contributed by atoms with E-state index < -0.39 is 9.05 Å². The summed E-state index contributed by atoms with van der Waals surface area (Å²) in [6.45, 7) is -0.375. The first-order chi connectivity index (χ1) is 7.43. The molecule has 7 heteroatoms. The number of benzene rings is 1. The van der Waals surface area contributed by atoms with Crippen LogP contribution in [0.5, 0.6) is 11.5 Å². The Bertz CT molecular complexity index is 458. The second-order valence-corrected chi connectivity index (χ2v) is 5.48. The predicted octanol–water partition coefficient (Wildman–Crippen LogP) is 1.12. The van der Waals surface area contributed by atoms with Crippen molar-refractivity contribution in [2.75, 3.05) is 14.2 Å². The number of ether oxygens (including phenoxy) is 2. The number of hydrogen-bond acceptors (Lipinski definition) is 5. The predicted molar refractivity (Wildman–Crippen MR) is 58.5 cm³/mol. The summed E-state index contributed by atoms with van der Waals surface area (Å²) in [7, 11) is 4.10. The van der Waals surface area contributed by atoms with Crippen molar-refractivity contribution in [3.8, 4) is 11.5 Å². The van der Waals surface area contributed by atoms with E-state index in [0.717, 1.165) is 0 Å². The van der Waals surface area contributed by atoms with Gasteiger partial charge in [0.1, 0.15) is 0 Å². The Morgan fingerprint density at radius 3 is 2.31 bits per heavy atom. The van der Waals surface area contributed by atoms with Gasteiger partial charge < -0.3 is 14.6 Å². The Labute approximate surface area is 98.0 Å². The molecule has 16 heavy (non-hydrogen) atoms. The third-order valence-corrected chi connectivity index (χ3v) is 3.31. The fraction of sp³-hybridized carbons (Fsp3) is 0.333. The zero-order valence-electron chi connectivity index (χ0n) is 8.73. The first kappa shape index (κ1) is 13.1. The molecule has 1 aromatic rings. The summed E-state index contributed by atoms with van der Waals surface area (Å²) >= 11 is 0. The fourth-order valence-corrected chi connectivity index (χ4v) is 2.07. The second-order valence-electron chi connectivity index (χ2n) is 2.91. The maximum absolute atomic E-state index is 11.2. The van der Waals surface area contributed by atoms with Crippen LogP contribution in [0, 0.1) is 0 Å². The molecule has 0 atom stereocenters. The van der Waals surface area contributed by atoms with Crippen LogP contribution in [0.1, 0.15) is 5.56 Å². The second kappa shape index (κ2) is 4.90. The van der Waals surface area contributed by atoms with E-state index in [2.05, 4.69) is 0 Å². The van der Waals surface area contributed by atoms with Gasteiger partial charge in [0, 0.05) is 22.3 Å². The summed E-state index contributed by atoms with van der Waals surface area (Å²) in [4.78, 5) is -0.143. The first-order valence-electron chi connectivity index (χ1n) is 4.24. The zero-order chi connectivity index (χ0) is 12.3. The molecule has 0 saturated heterocycles. The van der Waals surface area contributed by atoms with Gasteiger partial charge >= 0.3 is 0 Å². The van der Waals surface area contributed by atoms with Crippen LogP contribution in [0.4, 0.5) is 0 Å². The molecule has 0 bridgehead atoms. The van der Waals surface area contributed by atoms with Gasteiger partial charge in [-0.1, -0.05) is 0 Å². The molecule has 0 radical (unpaired) electrons. The molecule has 0 aliphatic rings. The third kappa shape index (κ3) is 2.58. The van der Waals surface area contributed by atoms with Gasteiger partial charge in [-0.2, -0.15) is 0 Å². The Morgan fingerprint density at radius 1 is 1.31 bits per heavy atom. The van der Waals surface area contributed by atoms with Gasteiger partial charge in [0.2, 0.25) is 0 Å². The molecule has 5 nitrogen and oxygen atoms in total. The summed E-state index contributed by atoms with van der Waals surface area (Å²) in [5.41, 5.74) is 0.293. The van der Waals surface area contributed by atoms with E-state index in [0.29, 0.717) is 5.56 Å². The SMILES string of the molecule is COc1cc(S(=O)(=O)Cl)cc(CO)c1OC. The van der Waals surface area contributed by atoms with Crippen LogP contribution in [0.3, 0.4) is 0 Å². The first-order valence-corrected chi connectivity index (χ1v) is 6.55. The summed E-state index contributed by atoms with van der Waals surface area (Å²) in [6.07, 6.45) is 0. The van der Waals surface area contributed by atoms with Crippen LogP contribution < -0.4 is 9.47 Å². The van der Waals surface area contributed by atoms with Crippen LogP contribution in [-0.4, -0.2) is 27.7 Å². The van der Waals surface area contributed by atoms with Crippen molar-refractivity contribution in [1.29, 1.82) is 0 Å². The van der Waals surface area contributed by atoms with Crippen molar-refractivity contribution in [2.24, 2.45) is 0 Å². The Kier molecular flexibility index (Phi) is 4.01. The average molecular weight is 267 g/mol. The fourth-order valence-electron chi connectivity index (χ4n) is 1.27. The van der Waals surface area contributed by atoms with Crippen molar-refractivity contribution >= 4 is 19.7 Å². The van der Waals surface area contributed by atoms with Gasteiger partial charge in [-0.3, -0.25) is 0 Å². The lowest BCUT2D eigenvalue weighted by molar-refractivity contribution is 0.269. The summed E-state index contributed by atoms with van der Waals surface area (Å²) in [6, 6.07) is 2.48. The lowest BCUT2D eigenvalue weighted by Gasteiger charge is -2.12. The minimum Gasteiger partial charge on any atom is -0.493 e. The molecule has 0 unspecified atom stereocenters. The third-order valence-electron chi connectivity index (χ3n) is 1.98. The maximum atomic E-state index is 11.2. The topological polar surface area (TPSA) is 72.8 Å². The molecular formula is C9H11ClO5S. The van der Waals surface area contributed by atoms with Gasteiger partial charge in [0.05, 0.1) is 25.7 Å². The van der Waals surface area contributed by atoms with Crippen molar-refractivity contribution < 1.29 is 23.0 Å². The molecule has 0 aliphatic heterocycles. The van der Waals surface area contributed by atoms with Crippen LogP contribution in [0.25, 0.3) is 0 Å². The number of halogens is 1. The molecule has 0 fully saturated rings. The molecule has 0 aliphatic carbocycles. The highest BCUT2D eigenvalue weighted by molar-refractivity contribution is 8.13. The van der Waals surface area contributed by atoms with Gasteiger partial charge in [-0.05, 0) is 6.07 Å². The molecule has 0 heterocycles. The number of hydrogen-bond donors (Lipinski definition) is 1. The highest BCUT2D eigenvalue weighted by atomic mass is 35.7. The number of rotatable bonds is 4. The lowest BCUT2D eigenvalue weighted by Crippen LogP contribution is -2.00. The monoisotopic (exact) mass is 266 g/mol.